The SMILES string of the molecule is CC(C)(C)OC(=O)NC1CNCC(CO)C1. The lowest BCUT2D eigenvalue weighted by molar-refractivity contribution is 0.0482. The average molecular weight is 230 g/mol. The van der Waals surface area contributed by atoms with Crippen molar-refractivity contribution in [3.05, 3.63) is 0 Å². The summed E-state index contributed by atoms with van der Waals surface area (Å²) in [6.07, 6.45) is 0.404. The molecular formula is C11H22N2O3. The van der Waals surface area contributed by atoms with Gasteiger partial charge in [-0.2, -0.15) is 0 Å². The molecule has 0 aromatic carbocycles. The van der Waals surface area contributed by atoms with Crippen LogP contribution in [0.4, 0.5) is 4.79 Å². The minimum Gasteiger partial charge on any atom is -0.444 e. The van der Waals surface area contributed by atoms with Gasteiger partial charge < -0.3 is 20.5 Å². The lowest BCUT2D eigenvalue weighted by Gasteiger charge is -2.30. The highest BCUT2D eigenvalue weighted by molar-refractivity contribution is 5.68. The summed E-state index contributed by atoms with van der Waals surface area (Å²) in [6, 6.07) is 0.0424. The Kier molecular flexibility index (Phi) is 4.56. The highest BCUT2D eigenvalue weighted by Gasteiger charge is 2.24. The van der Waals surface area contributed by atoms with Crippen LogP contribution in [0.2, 0.25) is 0 Å². The van der Waals surface area contributed by atoms with Crippen LogP contribution in [0.1, 0.15) is 27.2 Å². The molecular weight excluding hydrogens is 208 g/mol. The number of amides is 1. The van der Waals surface area contributed by atoms with Crippen LogP contribution in [0.15, 0.2) is 0 Å². The molecule has 0 bridgehead atoms. The second-order valence-electron chi connectivity index (χ2n) is 5.29. The summed E-state index contributed by atoms with van der Waals surface area (Å²) in [6.45, 7) is 7.20. The largest absolute Gasteiger partial charge is 0.444 e. The molecule has 1 aliphatic rings. The summed E-state index contributed by atoms with van der Waals surface area (Å²) >= 11 is 0. The van der Waals surface area contributed by atoms with E-state index in [1.807, 2.05) is 20.8 Å². The van der Waals surface area contributed by atoms with Gasteiger partial charge in [0.05, 0.1) is 0 Å². The fraction of sp³-hybridized carbons (Fsp3) is 0.909. The van der Waals surface area contributed by atoms with Crippen molar-refractivity contribution in [3.63, 3.8) is 0 Å². The molecule has 1 heterocycles. The van der Waals surface area contributed by atoms with Gasteiger partial charge in [0.1, 0.15) is 5.60 Å². The van der Waals surface area contributed by atoms with Gasteiger partial charge in [0.2, 0.25) is 0 Å². The molecule has 1 amide bonds. The molecule has 0 aromatic rings. The minimum absolute atomic E-state index is 0.0424. The molecule has 0 aromatic heterocycles. The first-order chi connectivity index (χ1) is 7.40. The van der Waals surface area contributed by atoms with Crippen LogP contribution in [-0.4, -0.2) is 42.5 Å². The number of aliphatic hydroxyl groups is 1. The molecule has 0 saturated carbocycles. The van der Waals surface area contributed by atoms with E-state index in [2.05, 4.69) is 10.6 Å². The van der Waals surface area contributed by atoms with Gasteiger partial charge >= 0.3 is 6.09 Å². The second-order valence-corrected chi connectivity index (χ2v) is 5.29. The lowest BCUT2D eigenvalue weighted by Crippen LogP contribution is -2.50. The van der Waals surface area contributed by atoms with E-state index in [-0.39, 0.29) is 18.6 Å². The van der Waals surface area contributed by atoms with Gasteiger partial charge in [0.15, 0.2) is 0 Å². The van der Waals surface area contributed by atoms with E-state index in [0.717, 1.165) is 19.5 Å². The van der Waals surface area contributed by atoms with E-state index in [0.29, 0.717) is 0 Å². The molecule has 2 atom stereocenters. The molecule has 94 valence electrons. The zero-order chi connectivity index (χ0) is 12.2. The zero-order valence-electron chi connectivity index (χ0n) is 10.2. The predicted octanol–water partition coefficient (Wildman–Crippen LogP) is 0.481. The predicted molar refractivity (Wildman–Crippen MR) is 61.2 cm³/mol. The normalized spacial score (nSPS) is 26.2. The van der Waals surface area contributed by atoms with Crippen LogP contribution in [0.25, 0.3) is 0 Å². The van der Waals surface area contributed by atoms with Crippen LogP contribution in [0, 0.1) is 5.92 Å². The van der Waals surface area contributed by atoms with E-state index >= 15 is 0 Å². The van der Waals surface area contributed by atoms with Crippen LogP contribution < -0.4 is 10.6 Å². The summed E-state index contributed by atoms with van der Waals surface area (Å²) in [5.74, 6) is 0.216. The van der Waals surface area contributed by atoms with Crippen molar-refractivity contribution in [2.24, 2.45) is 5.92 Å². The third-order valence-electron chi connectivity index (χ3n) is 2.42. The Balaban J connectivity index is 2.33. The number of aliphatic hydroxyl groups excluding tert-OH is 1. The number of ether oxygens (including phenoxy) is 1. The number of rotatable bonds is 2. The standard InChI is InChI=1S/C11H22N2O3/c1-11(2,3)16-10(15)13-9-4-8(7-14)5-12-6-9/h8-9,12,14H,4-7H2,1-3H3,(H,13,15). The molecule has 5 heteroatoms. The van der Waals surface area contributed by atoms with Crippen molar-refractivity contribution >= 4 is 6.09 Å². The highest BCUT2D eigenvalue weighted by Crippen LogP contribution is 2.11. The molecule has 0 aliphatic carbocycles. The summed E-state index contributed by atoms with van der Waals surface area (Å²) in [7, 11) is 0. The molecule has 16 heavy (non-hydrogen) atoms. The molecule has 2 unspecified atom stereocenters. The van der Waals surface area contributed by atoms with Gasteiger partial charge in [-0.1, -0.05) is 0 Å². The average Bonchev–Trinajstić information content (AvgIpc) is 2.15. The zero-order valence-corrected chi connectivity index (χ0v) is 10.2. The molecule has 1 aliphatic heterocycles. The number of hydrogen-bond acceptors (Lipinski definition) is 4. The first-order valence-electron chi connectivity index (χ1n) is 5.72. The van der Waals surface area contributed by atoms with Crippen LogP contribution in [0.3, 0.4) is 0 Å². The number of piperidine rings is 1. The summed E-state index contributed by atoms with van der Waals surface area (Å²) in [5, 5.41) is 15.0. The topological polar surface area (TPSA) is 70.6 Å². The van der Waals surface area contributed by atoms with Gasteiger partial charge in [-0.05, 0) is 33.1 Å². The number of nitrogens with one attached hydrogen (secondary N) is 2. The van der Waals surface area contributed by atoms with Gasteiger partial charge in [-0.25, -0.2) is 4.79 Å². The molecule has 3 N–H and O–H groups in total. The van der Waals surface area contributed by atoms with Gasteiger partial charge in [0, 0.05) is 25.7 Å². The summed E-state index contributed by atoms with van der Waals surface area (Å²) < 4.78 is 5.17. The Morgan fingerprint density at radius 2 is 2.19 bits per heavy atom. The Hall–Kier alpha value is -0.810. The van der Waals surface area contributed by atoms with Crippen molar-refractivity contribution in [2.75, 3.05) is 19.7 Å². The molecule has 0 radical (unpaired) electrons. The lowest BCUT2D eigenvalue weighted by atomic mass is 9.97. The maximum absolute atomic E-state index is 11.5. The number of alkyl carbamates (subject to hydrolysis) is 1. The van der Waals surface area contributed by atoms with Crippen molar-refractivity contribution in [3.8, 4) is 0 Å². The van der Waals surface area contributed by atoms with Crippen molar-refractivity contribution < 1.29 is 14.6 Å². The van der Waals surface area contributed by atoms with E-state index in [4.69, 9.17) is 9.84 Å². The van der Waals surface area contributed by atoms with Gasteiger partial charge in [-0.15, -0.1) is 0 Å². The first-order valence-corrected chi connectivity index (χ1v) is 5.72. The fourth-order valence-corrected chi connectivity index (χ4v) is 1.75. The van der Waals surface area contributed by atoms with Gasteiger partial charge in [0.25, 0.3) is 0 Å². The molecule has 1 fully saturated rings. The Morgan fingerprint density at radius 1 is 1.50 bits per heavy atom. The smallest absolute Gasteiger partial charge is 0.407 e. The first kappa shape index (κ1) is 13.3. The maximum atomic E-state index is 11.5. The molecule has 1 rings (SSSR count). The van der Waals surface area contributed by atoms with E-state index in [9.17, 15) is 4.79 Å². The van der Waals surface area contributed by atoms with Crippen molar-refractivity contribution in [2.45, 2.75) is 38.8 Å². The number of hydrogen-bond donors (Lipinski definition) is 3. The third-order valence-corrected chi connectivity index (χ3v) is 2.42. The van der Waals surface area contributed by atoms with E-state index in [1.165, 1.54) is 0 Å². The maximum Gasteiger partial charge on any atom is 0.407 e. The van der Waals surface area contributed by atoms with Crippen molar-refractivity contribution in [1.29, 1.82) is 0 Å². The quantitative estimate of drug-likeness (QED) is 0.645. The number of carbonyl (C=O) groups is 1. The Labute approximate surface area is 96.6 Å². The van der Waals surface area contributed by atoms with E-state index in [1.54, 1.807) is 0 Å². The van der Waals surface area contributed by atoms with Crippen molar-refractivity contribution in [1.82, 2.24) is 10.6 Å². The Bertz CT molecular complexity index is 238. The highest BCUT2D eigenvalue weighted by atomic mass is 16.6. The van der Waals surface area contributed by atoms with Gasteiger partial charge in [-0.3, -0.25) is 0 Å². The minimum atomic E-state index is -0.470. The monoisotopic (exact) mass is 230 g/mol. The third kappa shape index (κ3) is 4.81. The summed E-state index contributed by atoms with van der Waals surface area (Å²) in [4.78, 5) is 11.5. The second kappa shape index (κ2) is 5.50. The fourth-order valence-electron chi connectivity index (χ4n) is 1.75. The van der Waals surface area contributed by atoms with E-state index < -0.39 is 11.7 Å². The molecule has 5 nitrogen and oxygen atoms in total. The van der Waals surface area contributed by atoms with Crippen LogP contribution >= 0.6 is 0 Å². The molecule has 0 spiro atoms. The number of carbonyl (C=O) groups excluding carboxylic acids is 1. The van der Waals surface area contributed by atoms with Crippen LogP contribution in [-0.2, 0) is 4.74 Å². The summed E-state index contributed by atoms with van der Waals surface area (Å²) in [5.41, 5.74) is -0.470. The Morgan fingerprint density at radius 3 is 2.75 bits per heavy atom. The molecule has 1 saturated heterocycles. The van der Waals surface area contributed by atoms with Crippen LogP contribution in [0.5, 0.6) is 0 Å².